The first kappa shape index (κ1) is 19.8. The van der Waals surface area contributed by atoms with Gasteiger partial charge < -0.3 is 14.7 Å². The number of aromatic nitrogens is 3. The molecule has 2 aromatic carbocycles. The zero-order valence-electron chi connectivity index (χ0n) is 17.0. The van der Waals surface area contributed by atoms with Crippen LogP contribution >= 0.6 is 11.3 Å². The number of methoxy groups -OCH3 is 1. The van der Waals surface area contributed by atoms with Gasteiger partial charge in [-0.05, 0) is 42.0 Å². The lowest BCUT2D eigenvalue weighted by atomic mass is 10.0. The topological polar surface area (TPSA) is 66.1 Å². The highest BCUT2D eigenvalue weighted by molar-refractivity contribution is 7.17. The molecule has 1 aliphatic heterocycles. The van der Waals surface area contributed by atoms with Gasteiger partial charge in [-0.1, -0.05) is 23.5 Å². The van der Waals surface area contributed by atoms with Crippen LogP contribution in [0.1, 0.15) is 16.5 Å². The molecule has 4 aromatic rings. The number of aromatic hydroxyl groups is 1. The third kappa shape index (κ3) is 3.70. The summed E-state index contributed by atoms with van der Waals surface area (Å²) in [4.78, 5) is 10.1. The van der Waals surface area contributed by atoms with Gasteiger partial charge in [0, 0.05) is 31.9 Å². The molecule has 1 aliphatic rings. The first-order valence-electron chi connectivity index (χ1n) is 10.0. The van der Waals surface area contributed by atoms with E-state index in [1.165, 1.54) is 34.3 Å². The summed E-state index contributed by atoms with van der Waals surface area (Å²) in [6.07, 6.45) is 1.42. The number of benzene rings is 2. The summed E-state index contributed by atoms with van der Waals surface area (Å²) >= 11 is 1.38. The third-order valence-electron chi connectivity index (χ3n) is 5.67. The third-order valence-corrected chi connectivity index (χ3v) is 6.76. The number of ether oxygens (including phenoxy) is 1. The van der Waals surface area contributed by atoms with Crippen molar-refractivity contribution < 1.29 is 14.2 Å². The highest BCUT2D eigenvalue weighted by atomic mass is 32.1. The van der Waals surface area contributed by atoms with Gasteiger partial charge in [-0.2, -0.15) is 9.61 Å². The molecule has 1 saturated heterocycles. The Morgan fingerprint density at radius 3 is 2.55 bits per heavy atom. The summed E-state index contributed by atoms with van der Waals surface area (Å²) in [6.45, 7) is 3.17. The number of anilines is 1. The summed E-state index contributed by atoms with van der Waals surface area (Å²) in [6, 6.07) is 14.4. The van der Waals surface area contributed by atoms with Crippen LogP contribution < -0.4 is 9.64 Å². The molecule has 5 rings (SSSR count). The van der Waals surface area contributed by atoms with Crippen molar-refractivity contribution in [1.29, 1.82) is 0 Å². The smallest absolute Gasteiger partial charge is 0.230 e. The number of hydrogen-bond donors (Lipinski definition) is 1. The van der Waals surface area contributed by atoms with Crippen molar-refractivity contribution in [2.24, 2.45) is 0 Å². The second-order valence-electron chi connectivity index (χ2n) is 7.42. The molecule has 0 bridgehead atoms. The van der Waals surface area contributed by atoms with Gasteiger partial charge in [0.2, 0.25) is 10.8 Å². The summed E-state index contributed by atoms with van der Waals surface area (Å²) in [7, 11) is 1.66. The van der Waals surface area contributed by atoms with Crippen LogP contribution in [0.2, 0.25) is 0 Å². The van der Waals surface area contributed by atoms with Gasteiger partial charge in [-0.15, -0.1) is 0 Å². The zero-order chi connectivity index (χ0) is 21.4. The minimum absolute atomic E-state index is 0.0596. The molecule has 1 fully saturated rings. The standard InChI is InChI=1S/C22H22FN5O2S/c1-30-18-7-5-17(6-8-18)26-9-11-27(12-10-26)19(15-3-2-4-16(23)13-15)20-21(29)28-22(31-20)24-14-25-28/h2-8,13-14,19,29H,9-12H2,1H3/t19-/m1/s1. The van der Waals surface area contributed by atoms with Gasteiger partial charge in [0.15, 0.2) is 0 Å². The van der Waals surface area contributed by atoms with E-state index in [0.29, 0.717) is 4.96 Å². The van der Waals surface area contributed by atoms with Crippen molar-refractivity contribution in [3.05, 3.63) is 71.1 Å². The van der Waals surface area contributed by atoms with E-state index in [-0.39, 0.29) is 17.7 Å². The lowest BCUT2D eigenvalue weighted by Crippen LogP contribution is -2.47. The van der Waals surface area contributed by atoms with Crippen molar-refractivity contribution in [3.63, 3.8) is 0 Å². The van der Waals surface area contributed by atoms with E-state index in [9.17, 15) is 9.50 Å². The SMILES string of the molecule is COc1ccc(N2CCN([C@H](c3cccc(F)c3)c3sc4ncnn4c3O)CC2)cc1. The van der Waals surface area contributed by atoms with Gasteiger partial charge in [0.05, 0.1) is 18.0 Å². The summed E-state index contributed by atoms with van der Waals surface area (Å²) in [5.74, 6) is 0.600. The zero-order valence-corrected chi connectivity index (χ0v) is 17.8. The Morgan fingerprint density at radius 1 is 1.10 bits per heavy atom. The molecule has 0 saturated carbocycles. The Bertz CT molecular complexity index is 1180. The van der Waals surface area contributed by atoms with E-state index in [1.54, 1.807) is 13.2 Å². The van der Waals surface area contributed by atoms with Gasteiger partial charge >= 0.3 is 0 Å². The highest BCUT2D eigenvalue weighted by Crippen LogP contribution is 2.40. The van der Waals surface area contributed by atoms with Crippen LogP contribution in [-0.4, -0.2) is 57.9 Å². The first-order chi connectivity index (χ1) is 15.1. The molecule has 0 amide bonds. The first-order valence-corrected chi connectivity index (χ1v) is 10.9. The van der Waals surface area contributed by atoms with Crippen LogP contribution in [0.3, 0.4) is 0 Å². The fourth-order valence-corrected chi connectivity index (χ4v) is 5.20. The summed E-state index contributed by atoms with van der Waals surface area (Å²) in [5.41, 5.74) is 1.95. The maximum Gasteiger partial charge on any atom is 0.230 e. The predicted octanol–water partition coefficient (Wildman–Crippen LogP) is 3.56. The molecule has 0 unspecified atom stereocenters. The van der Waals surface area contributed by atoms with Gasteiger partial charge in [0.25, 0.3) is 0 Å². The van der Waals surface area contributed by atoms with E-state index < -0.39 is 0 Å². The van der Waals surface area contributed by atoms with E-state index in [1.807, 2.05) is 18.2 Å². The van der Waals surface area contributed by atoms with Crippen LogP contribution in [0.15, 0.2) is 54.9 Å². The van der Waals surface area contributed by atoms with Gasteiger partial charge in [-0.25, -0.2) is 9.37 Å². The number of rotatable bonds is 5. The number of halogens is 1. The number of fused-ring (bicyclic) bond motifs is 1. The fraction of sp³-hybridized carbons (Fsp3) is 0.273. The summed E-state index contributed by atoms with van der Waals surface area (Å²) < 4.78 is 20.8. The Balaban J connectivity index is 1.43. The van der Waals surface area contributed by atoms with Crippen molar-refractivity contribution >= 4 is 22.0 Å². The quantitative estimate of drug-likeness (QED) is 0.513. The van der Waals surface area contributed by atoms with E-state index >= 15 is 0 Å². The molecule has 9 heteroatoms. The van der Waals surface area contributed by atoms with Crippen molar-refractivity contribution in [2.75, 3.05) is 38.2 Å². The van der Waals surface area contributed by atoms with Crippen LogP contribution in [0, 0.1) is 5.82 Å². The molecule has 7 nitrogen and oxygen atoms in total. The molecular weight excluding hydrogens is 417 g/mol. The number of hydrogen-bond acceptors (Lipinski definition) is 7. The van der Waals surface area contributed by atoms with Crippen molar-refractivity contribution in [2.45, 2.75) is 6.04 Å². The lowest BCUT2D eigenvalue weighted by Gasteiger charge is -2.40. The molecule has 3 heterocycles. The molecule has 160 valence electrons. The second-order valence-corrected chi connectivity index (χ2v) is 8.43. The van der Waals surface area contributed by atoms with Crippen LogP contribution in [0.4, 0.5) is 10.1 Å². The molecule has 0 spiro atoms. The minimum Gasteiger partial charge on any atom is -0.497 e. The molecule has 31 heavy (non-hydrogen) atoms. The molecule has 2 aromatic heterocycles. The van der Waals surface area contributed by atoms with Gasteiger partial charge in [0.1, 0.15) is 17.9 Å². The average molecular weight is 440 g/mol. The maximum atomic E-state index is 14.1. The van der Waals surface area contributed by atoms with Crippen molar-refractivity contribution in [3.8, 4) is 11.6 Å². The normalized spacial score (nSPS) is 16.0. The highest BCUT2D eigenvalue weighted by Gasteiger charge is 2.31. The number of piperazine rings is 1. The van der Waals surface area contributed by atoms with Crippen LogP contribution in [-0.2, 0) is 0 Å². The molecule has 0 radical (unpaired) electrons. The monoisotopic (exact) mass is 439 g/mol. The van der Waals surface area contributed by atoms with E-state index in [0.717, 1.165) is 48.1 Å². The molecule has 1 N–H and O–H groups in total. The van der Waals surface area contributed by atoms with E-state index in [2.05, 4.69) is 32.0 Å². The minimum atomic E-state index is -0.293. The van der Waals surface area contributed by atoms with Crippen LogP contribution in [0.25, 0.3) is 4.96 Å². The Hall–Kier alpha value is -3.17. The van der Waals surface area contributed by atoms with Gasteiger partial charge in [-0.3, -0.25) is 4.90 Å². The van der Waals surface area contributed by atoms with Crippen molar-refractivity contribution in [1.82, 2.24) is 19.5 Å². The Labute approximate surface area is 182 Å². The number of thiazole rings is 1. The second kappa shape index (κ2) is 8.16. The molecule has 1 atom stereocenters. The predicted molar refractivity (Wildman–Crippen MR) is 118 cm³/mol. The maximum absolute atomic E-state index is 14.1. The Morgan fingerprint density at radius 2 is 1.87 bits per heavy atom. The lowest BCUT2D eigenvalue weighted by molar-refractivity contribution is 0.211. The van der Waals surface area contributed by atoms with E-state index in [4.69, 9.17) is 4.74 Å². The number of nitrogens with zero attached hydrogens (tertiary/aromatic N) is 5. The molecule has 0 aliphatic carbocycles. The Kier molecular flexibility index (Phi) is 5.21. The average Bonchev–Trinajstić information content (AvgIpc) is 3.38. The van der Waals surface area contributed by atoms with Crippen LogP contribution in [0.5, 0.6) is 11.6 Å². The molecular formula is C22H22FN5O2S. The largest absolute Gasteiger partial charge is 0.497 e. The fourth-order valence-electron chi connectivity index (χ4n) is 4.11. The summed E-state index contributed by atoms with van der Waals surface area (Å²) in [5, 5.41) is 14.9.